The van der Waals surface area contributed by atoms with E-state index in [4.69, 9.17) is 0 Å². The highest BCUT2D eigenvalue weighted by Gasteiger charge is 2.34. The zero-order valence-corrected chi connectivity index (χ0v) is 14.3. The Kier molecular flexibility index (Phi) is 4.84. The summed E-state index contributed by atoms with van der Waals surface area (Å²) < 4.78 is 52.0. The van der Waals surface area contributed by atoms with Crippen LogP contribution < -0.4 is 10.2 Å². The van der Waals surface area contributed by atoms with Gasteiger partial charge in [-0.3, -0.25) is 0 Å². The van der Waals surface area contributed by atoms with Gasteiger partial charge in [-0.05, 0) is 31.5 Å². The molecule has 1 aliphatic heterocycles. The first-order valence-corrected chi connectivity index (χ1v) is 8.23. The molecule has 2 aromatic rings. The molecule has 8 heteroatoms. The summed E-state index contributed by atoms with van der Waals surface area (Å²) >= 11 is 0. The van der Waals surface area contributed by atoms with E-state index in [2.05, 4.69) is 34.0 Å². The van der Waals surface area contributed by atoms with E-state index in [0.29, 0.717) is 12.6 Å². The van der Waals surface area contributed by atoms with Gasteiger partial charge in [0.2, 0.25) is 5.95 Å². The lowest BCUT2D eigenvalue weighted by Crippen LogP contribution is -2.35. The predicted octanol–water partition coefficient (Wildman–Crippen LogP) is 5.01. The summed E-state index contributed by atoms with van der Waals surface area (Å²) in [7, 11) is 0. The normalized spacial score (nSPS) is 14.9. The van der Waals surface area contributed by atoms with Crippen LogP contribution in [-0.2, 0) is 6.18 Å². The molecule has 0 radical (unpaired) electrons. The number of rotatable bonds is 4. The third-order valence-corrected chi connectivity index (χ3v) is 4.32. The van der Waals surface area contributed by atoms with Crippen LogP contribution in [0.4, 0.5) is 35.0 Å². The summed E-state index contributed by atoms with van der Waals surface area (Å²) in [5.74, 6) is -0.438. The fraction of sp³-hybridized carbons (Fsp3) is 0.333. The molecule has 138 valence electrons. The molecule has 1 aromatic heterocycles. The van der Waals surface area contributed by atoms with Gasteiger partial charge >= 0.3 is 6.18 Å². The number of aromatic nitrogens is 2. The lowest BCUT2D eigenvalue weighted by Gasteiger charge is -2.32. The average Bonchev–Trinajstić information content (AvgIpc) is 2.61. The van der Waals surface area contributed by atoms with Gasteiger partial charge in [0.1, 0.15) is 11.6 Å². The molecule has 1 atom stereocenters. The van der Waals surface area contributed by atoms with Crippen molar-refractivity contribution in [3.05, 3.63) is 47.4 Å². The summed E-state index contributed by atoms with van der Waals surface area (Å²) in [4.78, 5) is 10.7. The molecule has 0 amide bonds. The van der Waals surface area contributed by atoms with E-state index in [0.717, 1.165) is 23.9 Å². The smallest absolute Gasteiger partial charge is 0.350 e. The Morgan fingerprint density at radius 2 is 2.08 bits per heavy atom. The number of benzene rings is 1. The van der Waals surface area contributed by atoms with Gasteiger partial charge in [-0.15, -0.1) is 0 Å². The topological polar surface area (TPSA) is 41.1 Å². The molecule has 3 rings (SSSR count). The molecule has 1 aromatic carbocycles. The van der Waals surface area contributed by atoms with Crippen LogP contribution in [0.15, 0.2) is 30.5 Å². The lowest BCUT2D eigenvalue weighted by molar-refractivity contribution is -0.139. The van der Waals surface area contributed by atoms with E-state index < -0.39 is 17.6 Å². The summed E-state index contributed by atoms with van der Waals surface area (Å²) in [6.45, 7) is 4.85. The predicted molar refractivity (Wildman–Crippen MR) is 92.8 cm³/mol. The van der Waals surface area contributed by atoms with Crippen LogP contribution in [0.2, 0.25) is 0 Å². The molecule has 4 nitrogen and oxygen atoms in total. The second-order valence-corrected chi connectivity index (χ2v) is 6.10. The molecule has 0 aliphatic carbocycles. The minimum atomic E-state index is -4.77. The SMILES string of the molecule is CCC(C)N1CC=Cc2cnc(Nc3ccc(F)c(C(F)(F)F)c3)nc21. The van der Waals surface area contributed by atoms with Gasteiger partial charge in [0.25, 0.3) is 0 Å². The monoisotopic (exact) mass is 366 g/mol. The summed E-state index contributed by atoms with van der Waals surface area (Å²) in [5.41, 5.74) is -0.415. The van der Waals surface area contributed by atoms with Gasteiger partial charge in [0.05, 0.1) is 5.56 Å². The largest absolute Gasteiger partial charge is 0.419 e. The number of nitrogens with zero attached hydrogens (tertiary/aromatic N) is 3. The van der Waals surface area contributed by atoms with Crippen LogP contribution in [0.3, 0.4) is 0 Å². The number of hydrogen-bond donors (Lipinski definition) is 1. The van der Waals surface area contributed by atoms with Gasteiger partial charge in [-0.25, -0.2) is 9.37 Å². The molecular weight excluding hydrogens is 348 g/mol. The highest BCUT2D eigenvalue weighted by molar-refractivity contribution is 5.69. The van der Waals surface area contributed by atoms with Crippen LogP contribution in [-0.4, -0.2) is 22.6 Å². The van der Waals surface area contributed by atoms with Crippen molar-refractivity contribution in [2.24, 2.45) is 0 Å². The van der Waals surface area contributed by atoms with Gasteiger partial charge in [0, 0.05) is 30.0 Å². The molecule has 26 heavy (non-hydrogen) atoms. The zero-order valence-electron chi connectivity index (χ0n) is 14.3. The van der Waals surface area contributed by atoms with Crippen LogP contribution in [0.1, 0.15) is 31.4 Å². The van der Waals surface area contributed by atoms with E-state index in [1.165, 1.54) is 6.07 Å². The molecular formula is C18H18F4N4. The van der Waals surface area contributed by atoms with E-state index in [1.54, 1.807) is 6.20 Å². The fourth-order valence-electron chi connectivity index (χ4n) is 2.73. The van der Waals surface area contributed by atoms with E-state index >= 15 is 0 Å². The molecule has 0 saturated heterocycles. The Hall–Kier alpha value is -2.64. The van der Waals surface area contributed by atoms with Crippen molar-refractivity contribution >= 4 is 23.5 Å². The average molecular weight is 366 g/mol. The van der Waals surface area contributed by atoms with Gasteiger partial charge in [-0.1, -0.05) is 19.1 Å². The van der Waals surface area contributed by atoms with Crippen molar-refractivity contribution in [2.45, 2.75) is 32.5 Å². The number of alkyl halides is 3. The Morgan fingerprint density at radius 1 is 1.31 bits per heavy atom. The van der Waals surface area contributed by atoms with Gasteiger partial charge < -0.3 is 10.2 Å². The van der Waals surface area contributed by atoms with Crippen molar-refractivity contribution in [3.63, 3.8) is 0 Å². The lowest BCUT2D eigenvalue weighted by atomic mass is 10.1. The number of hydrogen-bond acceptors (Lipinski definition) is 4. The molecule has 0 bridgehead atoms. The minimum absolute atomic E-state index is 0.0696. The molecule has 1 N–H and O–H groups in total. The maximum atomic E-state index is 13.4. The summed E-state index contributed by atoms with van der Waals surface area (Å²) in [5, 5.41) is 2.73. The van der Waals surface area contributed by atoms with E-state index in [1.807, 2.05) is 12.2 Å². The standard InChI is InChI=1S/C18H18F4N4/c1-3-11(2)26-8-4-5-12-10-23-17(25-16(12)26)24-13-6-7-15(19)14(9-13)18(20,21)22/h4-7,9-11H,3,8H2,1-2H3,(H,23,24,25). The first-order valence-electron chi connectivity index (χ1n) is 8.23. The highest BCUT2D eigenvalue weighted by atomic mass is 19.4. The fourth-order valence-corrected chi connectivity index (χ4v) is 2.73. The zero-order chi connectivity index (χ0) is 18.9. The second-order valence-electron chi connectivity index (χ2n) is 6.10. The van der Waals surface area contributed by atoms with Crippen molar-refractivity contribution in [1.29, 1.82) is 0 Å². The van der Waals surface area contributed by atoms with Gasteiger partial charge in [-0.2, -0.15) is 18.2 Å². The van der Waals surface area contributed by atoms with Crippen molar-refractivity contribution in [2.75, 3.05) is 16.8 Å². The molecule has 0 spiro atoms. The first-order chi connectivity index (χ1) is 12.3. The number of halogens is 4. The maximum absolute atomic E-state index is 13.4. The third kappa shape index (κ3) is 3.63. The third-order valence-electron chi connectivity index (χ3n) is 4.32. The van der Waals surface area contributed by atoms with Crippen molar-refractivity contribution in [3.8, 4) is 0 Å². The van der Waals surface area contributed by atoms with E-state index in [-0.39, 0.29) is 17.7 Å². The second kappa shape index (κ2) is 6.93. The number of anilines is 3. The first kappa shape index (κ1) is 18.2. The van der Waals surface area contributed by atoms with Crippen LogP contribution in [0.25, 0.3) is 6.08 Å². The quantitative estimate of drug-likeness (QED) is 0.773. The van der Waals surface area contributed by atoms with Crippen LogP contribution in [0, 0.1) is 5.82 Å². The highest BCUT2D eigenvalue weighted by Crippen LogP contribution is 2.34. The molecule has 2 heterocycles. The molecule has 1 aliphatic rings. The number of fused-ring (bicyclic) bond motifs is 1. The Labute approximate surface area is 148 Å². The Balaban J connectivity index is 1.91. The van der Waals surface area contributed by atoms with Gasteiger partial charge in [0.15, 0.2) is 0 Å². The van der Waals surface area contributed by atoms with Crippen molar-refractivity contribution in [1.82, 2.24) is 9.97 Å². The summed E-state index contributed by atoms with van der Waals surface area (Å²) in [6, 6.07) is 2.96. The Bertz CT molecular complexity index is 832. The van der Waals surface area contributed by atoms with Crippen molar-refractivity contribution < 1.29 is 17.6 Å². The summed E-state index contributed by atoms with van der Waals surface area (Å²) in [6.07, 6.45) is 1.70. The maximum Gasteiger partial charge on any atom is 0.419 e. The molecule has 1 unspecified atom stereocenters. The molecule has 0 saturated carbocycles. The Morgan fingerprint density at radius 3 is 2.77 bits per heavy atom. The van der Waals surface area contributed by atoms with E-state index in [9.17, 15) is 17.6 Å². The minimum Gasteiger partial charge on any atom is -0.350 e. The number of nitrogens with one attached hydrogen (secondary N) is 1. The van der Waals surface area contributed by atoms with Crippen LogP contribution in [0.5, 0.6) is 0 Å². The molecule has 0 fully saturated rings. The van der Waals surface area contributed by atoms with Crippen LogP contribution >= 0.6 is 0 Å².